The molecule has 2 aliphatic heterocycles. The van der Waals surface area contributed by atoms with Crippen molar-refractivity contribution in [2.75, 3.05) is 39.4 Å². The highest BCUT2D eigenvalue weighted by Gasteiger charge is 2.45. The van der Waals surface area contributed by atoms with Gasteiger partial charge in [-0.25, -0.2) is 4.79 Å². The van der Waals surface area contributed by atoms with Gasteiger partial charge in [0.2, 0.25) is 0 Å². The van der Waals surface area contributed by atoms with E-state index in [4.69, 9.17) is 9.47 Å². The zero-order valence-corrected chi connectivity index (χ0v) is 25.9. The molecule has 2 atom stereocenters. The van der Waals surface area contributed by atoms with Crippen molar-refractivity contribution in [2.45, 2.75) is 29.1 Å². The highest BCUT2D eigenvalue weighted by atomic mass is 32.2. The Morgan fingerprint density at radius 2 is 1.38 bits per heavy atom. The highest BCUT2D eigenvalue weighted by molar-refractivity contribution is 8.01. The maximum absolute atomic E-state index is 13.7. The van der Waals surface area contributed by atoms with Crippen molar-refractivity contribution in [3.8, 4) is 0 Å². The number of likely N-dealkylation sites (tertiary alicyclic amines) is 1. The number of benzene rings is 4. The van der Waals surface area contributed by atoms with E-state index in [1.54, 1.807) is 12.1 Å². The summed E-state index contributed by atoms with van der Waals surface area (Å²) in [5, 5.41) is 11.2. The fourth-order valence-corrected chi connectivity index (χ4v) is 8.22. The van der Waals surface area contributed by atoms with Crippen molar-refractivity contribution in [3.05, 3.63) is 148 Å². The molecule has 0 aliphatic carbocycles. The minimum atomic E-state index is -0.489. The number of nitrogens with zero attached hydrogens (tertiary/aromatic N) is 3. The average Bonchev–Trinajstić information content (AvgIpc) is 3.49. The summed E-state index contributed by atoms with van der Waals surface area (Å²) in [5.41, 5.74) is 4.29. The van der Waals surface area contributed by atoms with Crippen LogP contribution >= 0.6 is 11.8 Å². The first-order chi connectivity index (χ1) is 22.0. The molecule has 2 heterocycles. The molecule has 232 valence electrons. The predicted octanol–water partition coefficient (Wildman–Crippen LogP) is 6.73. The van der Waals surface area contributed by atoms with Gasteiger partial charge in [0.15, 0.2) is 0 Å². The fraction of sp³-hybridized carbons (Fsp3) is 0.306. The molecule has 1 amide bonds. The first-order valence-electron chi connectivity index (χ1n) is 15.3. The van der Waals surface area contributed by atoms with Crippen molar-refractivity contribution in [3.63, 3.8) is 0 Å². The monoisotopic (exact) mass is 623 g/mol. The standard InChI is InChI=1S/C36H37N3O5S/c40-35(44-27-28-16-18-32(19-17-28)39(41)42)38-26-34(24-33(38)25-37-20-22-43-23-21-37)45-36(29-10-4-1-5-11-29,30-12-6-2-7-13-30)31-14-8-3-9-15-31/h1-19,33-34H,20-27H2/t33-,34-/m0/s1. The van der Waals surface area contributed by atoms with Crippen LogP contribution < -0.4 is 0 Å². The number of non-ortho nitro benzene ring substituents is 1. The van der Waals surface area contributed by atoms with Crippen LogP contribution in [0.25, 0.3) is 0 Å². The molecule has 0 saturated carbocycles. The zero-order valence-electron chi connectivity index (χ0n) is 25.1. The SMILES string of the molecule is O=C(OCc1ccc([N+](=O)[O-])cc1)N1C[C@@H](SC(c2ccccc2)(c2ccccc2)c2ccccc2)C[C@H]1CN1CCOCC1. The molecule has 45 heavy (non-hydrogen) atoms. The first-order valence-corrected chi connectivity index (χ1v) is 16.2. The van der Waals surface area contributed by atoms with Crippen LogP contribution in [-0.2, 0) is 20.8 Å². The molecule has 9 heteroatoms. The van der Waals surface area contributed by atoms with E-state index in [2.05, 4.69) is 77.7 Å². The zero-order chi connectivity index (χ0) is 31.1. The Hall–Kier alpha value is -4.18. The van der Waals surface area contributed by atoms with Gasteiger partial charge in [0.1, 0.15) is 6.61 Å². The van der Waals surface area contributed by atoms with Gasteiger partial charge in [0, 0.05) is 49.6 Å². The lowest BCUT2D eigenvalue weighted by Crippen LogP contribution is -2.46. The Labute approximate surface area is 268 Å². The lowest BCUT2D eigenvalue weighted by Gasteiger charge is -2.37. The summed E-state index contributed by atoms with van der Waals surface area (Å²) in [6.07, 6.45) is 0.461. The smallest absolute Gasteiger partial charge is 0.410 e. The molecular formula is C36H37N3O5S. The Balaban J connectivity index is 1.29. The number of nitro benzene ring substituents is 1. The number of carbonyl (C=O) groups excluding carboxylic acids is 1. The Morgan fingerprint density at radius 1 is 0.844 bits per heavy atom. The largest absolute Gasteiger partial charge is 0.445 e. The summed E-state index contributed by atoms with van der Waals surface area (Å²) in [7, 11) is 0. The lowest BCUT2D eigenvalue weighted by molar-refractivity contribution is -0.384. The molecule has 0 spiro atoms. The molecule has 0 bridgehead atoms. The van der Waals surface area contributed by atoms with Gasteiger partial charge in [-0.2, -0.15) is 0 Å². The number of rotatable bonds is 10. The summed E-state index contributed by atoms with van der Waals surface area (Å²) in [6, 6.07) is 38.0. The van der Waals surface area contributed by atoms with Gasteiger partial charge in [-0.05, 0) is 40.8 Å². The molecule has 2 aliphatic rings. The minimum Gasteiger partial charge on any atom is -0.445 e. The normalized spacial score (nSPS) is 18.9. The predicted molar refractivity (Wildman–Crippen MR) is 176 cm³/mol. The molecule has 0 unspecified atom stereocenters. The third kappa shape index (κ3) is 7.06. The highest BCUT2D eigenvalue weighted by Crippen LogP contribution is 2.52. The van der Waals surface area contributed by atoms with Crippen LogP contribution in [0.2, 0.25) is 0 Å². The van der Waals surface area contributed by atoms with E-state index in [0.29, 0.717) is 25.3 Å². The topological polar surface area (TPSA) is 85.1 Å². The second kappa shape index (κ2) is 14.3. The quantitative estimate of drug-likeness (QED) is 0.110. The molecule has 4 aromatic rings. The van der Waals surface area contributed by atoms with Crippen LogP contribution in [0.15, 0.2) is 115 Å². The van der Waals surface area contributed by atoms with Crippen molar-refractivity contribution in [1.29, 1.82) is 0 Å². The number of amides is 1. The second-order valence-electron chi connectivity index (χ2n) is 11.5. The summed E-state index contributed by atoms with van der Waals surface area (Å²) in [5.74, 6) is 0. The van der Waals surface area contributed by atoms with Crippen molar-refractivity contribution < 1.29 is 19.2 Å². The maximum atomic E-state index is 13.7. The number of morpholine rings is 1. The molecule has 0 radical (unpaired) electrons. The van der Waals surface area contributed by atoms with Crippen molar-refractivity contribution in [1.82, 2.24) is 9.80 Å². The number of nitro groups is 1. The van der Waals surface area contributed by atoms with Crippen molar-refractivity contribution in [2.24, 2.45) is 0 Å². The molecule has 6 rings (SSSR count). The third-order valence-corrected chi connectivity index (χ3v) is 10.3. The molecule has 0 N–H and O–H groups in total. The van der Waals surface area contributed by atoms with E-state index in [1.807, 2.05) is 34.9 Å². The summed E-state index contributed by atoms with van der Waals surface area (Å²) >= 11 is 1.91. The van der Waals surface area contributed by atoms with Gasteiger partial charge in [-0.15, -0.1) is 11.8 Å². The first kappa shape index (κ1) is 30.8. The van der Waals surface area contributed by atoms with Crippen molar-refractivity contribution >= 4 is 23.5 Å². The summed E-state index contributed by atoms with van der Waals surface area (Å²) in [4.78, 5) is 28.6. The molecular weight excluding hydrogens is 586 g/mol. The number of hydrogen-bond acceptors (Lipinski definition) is 7. The fourth-order valence-electron chi connectivity index (χ4n) is 6.35. The van der Waals surface area contributed by atoms with Gasteiger partial charge < -0.3 is 14.4 Å². The van der Waals surface area contributed by atoms with Crippen LogP contribution in [0.3, 0.4) is 0 Å². The van der Waals surface area contributed by atoms with Crippen LogP contribution in [0.1, 0.15) is 28.7 Å². The van der Waals surface area contributed by atoms with E-state index >= 15 is 0 Å². The number of thioether (sulfide) groups is 1. The molecule has 2 saturated heterocycles. The van der Waals surface area contributed by atoms with Gasteiger partial charge in [0.05, 0.1) is 22.9 Å². The van der Waals surface area contributed by atoms with E-state index in [1.165, 1.54) is 28.8 Å². The summed E-state index contributed by atoms with van der Waals surface area (Å²) in [6.45, 7) is 4.40. The van der Waals surface area contributed by atoms with Crippen LogP contribution in [0.4, 0.5) is 10.5 Å². The van der Waals surface area contributed by atoms with Crippen LogP contribution in [0.5, 0.6) is 0 Å². The van der Waals surface area contributed by atoms with Gasteiger partial charge in [-0.3, -0.25) is 15.0 Å². The Kier molecular flexibility index (Phi) is 9.78. The van der Waals surface area contributed by atoms with Gasteiger partial charge in [-0.1, -0.05) is 91.0 Å². The van der Waals surface area contributed by atoms with E-state index < -0.39 is 9.67 Å². The molecule has 8 nitrogen and oxygen atoms in total. The van der Waals surface area contributed by atoms with Gasteiger partial charge >= 0.3 is 6.09 Å². The molecule has 0 aromatic heterocycles. The lowest BCUT2D eigenvalue weighted by atomic mass is 9.84. The second-order valence-corrected chi connectivity index (χ2v) is 13.0. The van der Waals surface area contributed by atoms with Crippen LogP contribution in [0, 0.1) is 10.1 Å². The Bertz CT molecular complexity index is 1450. The average molecular weight is 624 g/mol. The minimum absolute atomic E-state index is 0.00814. The van der Waals surface area contributed by atoms with E-state index in [0.717, 1.165) is 26.1 Å². The van der Waals surface area contributed by atoms with E-state index in [-0.39, 0.29) is 29.7 Å². The number of hydrogen-bond donors (Lipinski definition) is 0. The molecule has 2 fully saturated rings. The number of ether oxygens (including phenoxy) is 2. The number of carbonyl (C=O) groups is 1. The molecule has 4 aromatic carbocycles. The van der Waals surface area contributed by atoms with Crippen LogP contribution in [-0.4, -0.2) is 71.5 Å². The Morgan fingerprint density at radius 3 is 1.89 bits per heavy atom. The van der Waals surface area contributed by atoms with Gasteiger partial charge in [0.25, 0.3) is 5.69 Å². The maximum Gasteiger partial charge on any atom is 0.410 e. The van der Waals surface area contributed by atoms with E-state index in [9.17, 15) is 14.9 Å². The summed E-state index contributed by atoms with van der Waals surface area (Å²) < 4.78 is 10.9. The third-order valence-electron chi connectivity index (χ3n) is 8.58.